The van der Waals surface area contributed by atoms with Gasteiger partial charge in [0, 0.05) is 11.6 Å². The van der Waals surface area contributed by atoms with E-state index in [2.05, 4.69) is 0 Å². The van der Waals surface area contributed by atoms with Crippen LogP contribution in [0.4, 0.5) is 0 Å². The van der Waals surface area contributed by atoms with Crippen LogP contribution in [0.1, 0.15) is 11.1 Å². The molecule has 17 heavy (non-hydrogen) atoms. The molecule has 0 bridgehead atoms. The number of hydrogen-bond donors (Lipinski definition) is 3. The number of hydrogen-bond acceptors (Lipinski definition) is 3. The molecule has 0 atom stereocenters. The molecule has 0 aliphatic carbocycles. The standard InChI is InChI=1S/C14H12O3/c15-12-7-11(8-13(16)9-12)14(17)6-10-4-2-1-3-5-10/h1-9,15-17H. The van der Waals surface area contributed by atoms with E-state index in [4.69, 9.17) is 0 Å². The summed E-state index contributed by atoms with van der Waals surface area (Å²) in [6.45, 7) is 0. The van der Waals surface area contributed by atoms with Crippen LogP contribution >= 0.6 is 0 Å². The van der Waals surface area contributed by atoms with Crippen LogP contribution in [0.25, 0.3) is 11.8 Å². The summed E-state index contributed by atoms with van der Waals surface area (Å²) in [5.41, 5.74) is 1.21. The third kappa shape index (κ3) is 2.78. The Morgan fingerprint density at radius 2 is 1.47 bits per heavy atom. The van der Waals surface area contributed by atoms with Gasteiger partial charge in [-0.2, -0.15) is 0 Å². The maximum absolute atomic E-state index is 9.86. The van der Waals surface area contributed by atoms with Gasteiger partial charge in [0.2, 0.25) is 0 Å². The number of benzene rings is 2. The van der Waals surface area contributed by atoms with Crippen molar-refractivity contribution in [2.45, 2.75) is 0 Å². The van der Waals surface area contributed by atoms with E-state index < -0.39 is 0 Å². The lowest BCUT2D eigenvalue weighted by atomic mass is 10.1. The van der Waals surface area contributed by atoms with Crippen LogP contribution in [0.5, 0.6) is 11.5 Å². The van der Waals surface area contributed by atoms with E-state index in [0.717, 1.165) is 5.56 Å². The molecule has 0 aromatic heterocycles. The zero-order valence-electron chi connectivity index (χ0n) is 9.04. The molecule has 3 heteroatoms. The lowest BCUT2D eigenvalue weighted by molar-refractivity contribution is 0.448. The molecule has 0 aliphatic heterocycles. The van der Waals surface area contributed by atoms with Gasteiger partial charge in [-0.3, -0.25) is 0 Å². The number of phenols is 2. The van der Waals surface area contributed by atoms with Crippen molar-refractivity contribution in [3.8, 4) is 11.5 Å². The van der Waals surface area contributed by atoms with Crippen molar-refractivity contribution >= 4 is 11.8 Å². The van der Waals surface area contributed by atoms with Crippen molar-refractivity contribution in [3.05, 3.63) is 59.7 Å². The zero-order chi connectivity index (χ0) is 12.3. The SMILES string of the molecule is OC(=Cc1ccccc1)c1cc(O)cc(O)c1. The summed E-state index contributed by atoms with van der Waals surface area (Å²) < 4.78 is 0. The molecule has 0 radical (unpaired) electrons. The fourth-order valence-corrected chi connectivity index (χ4v) is 1.53. The number of aliphatic hydroxyl groups is 1. The minimum Gasteiger partial charge on any atom is -0.508 e. The summed E-state index contributed by atoms with van der Waals surface area (Å²) in [6, 6.07) is 13.3. The normalized spacial score (nSPS) is 11.4. The molecule has 0 saturated heterocycles. The van der Waals surface area contributed by atoms with Gasteiger partial charge in [0.05, 0.1) is 0 Å². The Balaban J connectivity index is 2.37. The molecule has 2 aromatic carbocycles. The Labute approximate surface area is 98.9 Å². The predicted molar refractivity (Wildman–Crippen MR) is 66.7 cm³/mol. The van der Waals surface area contributed by atoms with E-state index >= 15 is 0 Å². The monoisotopic (exact) mass is 228 g/mol. The molecule has 0 spiro atoms. The molecule has 0 amide bonds. The molecule has 2 aromatic rings. The van der Waals surface area contributed by atoms with Crippen LogP contribution in [0.2, 0.25) is 0 Å². The Kier molecular flexibility index (Phi) is 3.01. The minimum absolute atomic E-state index is 0.0117. The first kappa shape index (κ1) is 11.1. The van der Waals surface area contributed by atoms with Gasteiger partial charge in [-0.15, -0.1) is 0 Å². The number of phenolic OH excluding ortho intramolecular Hbond substituents is 2. The Hall–Kier alpha value is -2.42. The maximum atomic E-state index is 9.86. The molecule has 0 heterocycles. The molecular weight excluding hydrogens is 216 g/mol. The Bertz CT molecular complexity index is 524. The zero-order valence-corrected chi connectivity index (χ0v) is 9.04. The third-order valence-corrected chi connectivity index (χ3v) is 2.30. The summed E-state index contributed by atoms with van der Waals surface area (Å²) in [5.74, 6) is -0.191. The van der Waals surface area contributed by atoms with E-state index in [1.165, 1.54) is 18.2 Å². The number of rotatable bonds is 2. The Morgan fingerprint density at radius 3 is 2.06 bits per heavy atom. The summed E-state index contributed by atoms with van der Waals surface area (Å²) in [6.07, 6.45) is 1.56. The van der Waals surface area contributed by atoms with Gasteiger partial charge in [0.1, 0.15) is 17.3 Å². The van der Waals surface area contributed by atoms with Crippen LogP contribution < -0.4 is 0 Å². The van der Waals surface area contributed by atoms with Crippen LogP contribution in [-0.2, 0) is 0 Å². The van der Waals surface area contributed by atoms with Crippen LogP contribution in [0, 0.1) is 0 Å². The second-order valence-corrected chi connectivity index (χ2v) is 3.68. The molecule has 0 saturated carbocycles. The van der Waals surface area contributed by atoms with Crippen LogP contribution in [0.3, 0.4) is 0 Å². The van der Waals surface area contributed by atoms with Crippen molar-refractivity contribution in [1.29, 1.82) is 0 Å². The smallest absolute Gasteiger partial charge is 0.123 e. The lowest BCUT2D eigenvalue weighted by Crippen LogP contribution is -1.83. The molecule has 2 rings (SSSR count). The van der Waals surface area contributed by atoms with E-state index in [0.29, 0.717) is 5.56 Å². The fraction of sp³-hybridized carbons (Fsp3) is 0. The maximum Gasteiger partial charge on any atom is 0.123 e. The molecule has 0 aliphatic rings. The minimum atomic E-state index is -0.0898. The largest absolute Gasteiger partial charge is 0.508 e. The van der Waals surface area contributed by atoms with Crippen molar-refractivity contribution in [2.75, 3.05) is 0 Å². The highest BCUT2D eigenvalue weighted by atomic mass is 16.3. The van der Waals surface area contributed by atoms with Crippen molar-refractivity contribution < 1.29 is 15.3 Å². The van der Waals surface area contributed by atoms with Crippen LogP contribution in [0.15, 0.2) is 48.5 Å². The van der Waals surface area contributed by atoms with Gasteiger partial charge in [-0.05, 0) is 23.8 Å². The highest BCUT2D eigenvalue weighted by Crippen LogP contribution is 2.25. The van der Waals surface area contributed by atoms with Gasteiger partial charge in [-0.25, -0.2) is 0 Å². The molecule has 0 fully saturated rings. The van der Waals surface area contributed by atoms with Crippen molar-refractivity contribution in [1.82, 2.24) is 0 Å². The second-order valence-electron chi connectivity index (χ2n) is 3.68. The third-order valence-electron chi connectivity index (χ3n) is 2.30. The van der Waals surface area contributed by atoms with E-state index in [9.17, 15) is 15.3 Å². The first-order valence-corrected chi connectivity index (χ1v) is 5.14. The highest BCUT2D eigenvalue weighted by molar-refractivity contribution is 5.77. The molecule has 0 unspecified atom stereocenters. The quantitative estimate of drug-likeness (QED) is 0.546. The molecular formula is C14H12O3. The number of aliphatic hydroxyl groups excluding tert-OH is 1. The first-order valence-electron chi connectivity index (χ1n) is 5.14. The molecule has 3 nitrogen and oxygen atoms in total. The van der Waals surface area contributed by atoms with Crippen molar-refractivity contribution in [3.63, 3.8) is 0 Å². The predicted octanol–water partition coefficient (Wildman–Crippen LogP) is 3.15. The first-order chi connectivity index (χ1) is 8.15. The van der Waals surface area contributed by atoms with E-state index in [1.54, 1.807) is 6.08 Å². The second kappa shape index (κ2) is 4.61. The van der Waals surface area contributed by atoms with Gasteiger partial charge in [-0.1, -0.05) is 30.3 Å². The summed E-state index contributed by atoms with van der Waals surface area (Å²) >= 11 is 0. The van der Waals surface area contributed by atoms with Gasteiger partial charge >= 0.3 is 0 Å². The Morgan fingerprint density at radius 1 is 0.882 bits per heavy atom. The molecule has 3 N–H and O–H groups in total. The van der Waals surface area contributed by atoms with Gasteiger partial charge in [0.15, 0.2) is 0 Å². The van der Waals surface area contributed by atoms with Crippen molar-refractivity contribution in [2.24, 2.45) is 0 Å². The lowest BCUT2D eigenvalue weighted by Gasteiger charge is -2.03. The highest BCUT2D eigenvalue weighted by Gasteiger charge is 2.03. The average molecular weight is 228 g/mol. The number of aromatic hydroxyl groups is 2. The topological polar surface area (TPSA) is 60.7 Å². The summed E-state index contributed by atoms with van der Waals surface area (Å²) in [5, 5.41) is 28.5. The summed E-state index contributed by atoms with van der Waals surface area (Å²) in [4.78, 5) is 0. The summed E-state index contributed by atoms with van der Waals surface area (Å²) in [7, 11) is 0. The average Bonchev–Trinajstić information content (AvgIpc) is 2.29. The van der Waals surface area contributed by atoms with Crippen LogP contribution in [-0.4, -0.2) is 15.3 Å². The van der Waals surface area contributed by atoms with Gasteiger partial charge < -0.3 is 15.3 Å². The molecule has 86 valence electrons. The van der Waals surface area contributed by atoms with E-state index in [1.807, 2.05) is 30.3 Å². The van der Waals surface area contributed by atoms with E-state index in [-0.39, 0.29) is 17.3 Å². The fourth-order valence-electron chi connectivity index (χ4n) is 1.53. The van der Waals surface area contributed by atoms with Gasteiger partial charge in [0.25, 0.3) is 0 Å².